The van der Waals surface area contributed by atoms with Gasteiger partial charge >= 0.3 is 6.03 Å². The summed E-state index contributed by atoms with van der Waals surface area (Å²) in [6.07, 6.45) is 0. The quantitative estimate of drug-likeness (QED) is 0.717. The molecule has 0 radical (unpaired) electrons. The Labute approximate surface area is 184 Å². The molecule has 3 rings (SSSR count). The fourth-order valence-electron chi connectivity index (χ4n) is 3.75. The second kappa shape index (κ2) is 10.8. The zero-order chi connectivity index (χ0) is 22.2. The number of phenols is 1. The summed E-state index contributed by atoms with van der Waals surface area (Å²) in [6, 6.07) is 14.4. The lowest BCUT2D eigenvalue weighted by Gasteiger charge is -2.34. The Bertz CT molecular complexity index is 873. The Morgan fingerprint density at radius 2 is 1.48 bits per heavy atom. The molecule has 1 heterocycles. The molecule has 0 atom stereocenters. The van der Waals surface area contributed by atoms with Crippen LogP contribution in [-0.4, -0.2) is 71.0 Å². The number of carbonyl (C=O) groups is 2. The van der Waals surface area contributed by atoms with Crippen molar-refractivity contribution in [1.82, 2.24) is 20.0 Å². The van der Waals surface area contributed by atoms with Crippen LogP contribution in [0.1, 0.15) is 35.3 Å². The average molecular weight is 425 g/mol. The van der Waals surface area contributed by atoms with Crippen molar-refractivity contribution in [3.63, 3.8) is 0 Å². The molecule has 7 heteroatoms. The maximum atomic E-state index is 12.7. The molecular formula is C24H32N4O3. The van der Waals surface area contributed by atoms with Gasteiger partial charge in [-0.05, 0) is 48.5 Å². The van der Waals surface area contributed by atoms with Gasteiger partial charge in [-0.3, -0.25) is 9.69 Å². The largest absolute Gasteiger partial charge is 0.508 e. The number of rotatable bonds is 7. The fourth-order valence-corrected chi connectivity index (χ4v) is 3.75. The predicted molar refractivity (Wildman–Crippen MR) is 121 cm³/mol. The van der Waals surface area contributed by atoms with Crippen molar-refractivity contribution in [2.45, 2.75) is 26.9 Å². The van der Waals surface area contributed by atoms with E-state index in [1.807, 2.05) is 12.1 Å². The number of aromatic hydroxyl groups is 1. The lowest BCUT2D eigenvalue weighted by Crippen LogP contribution is -2.53. The smallest absolute Gasteiger partial charge is 0.317 e. The lowest BCUT2D eigenvalue weighted by molar-refractivity contribution is 0.0665. The first-order chi connectivity index (χ1) is 15.0. The van der Waals surface area contributed by atoms with Gasteiger partial charge in [0.15, 0.2) is 0 Å². The van der Waals surface area contributed by atoms with Crippen molar-refractivity contribution >= 4 is 11.9 Å². The van der Waals surface area contributed by atoms with E-state index in [2.05, 4.69) is 36.2 Å². The van der Waals surface area contributed by atoms with Crippen LogP contribution in [0.2, 0.25) is 0 Å². The Balaban J connectivity index is 1.51. The van der Waals surface area contributed by atoms with E-state index < -0.39 is 0 Å². The summed E-state index contributed by atoms with van der Waals surface area (Å²) in [5.41, 5.74) is 2.90. The van der Waals surface area contributed by atoms with E-state index in [1.165, 1.54) is 17.7 Å². The summed E-state index contributed by atoms with van der Waals surface area (Å²) in [5, 5.41) is 12.4. The molecule has 0 bridgehead atoms. The molecule has 0 spiro atoms. The first-order valence-corrected chi connectivity index (χ1v) is 10.9. The van der Waals surface area contributed by atoms with Crippen molar-refractivity contribution in [2.24, 2.45) is 0 Å². The first kappa shape index (κ1) is 22.6. The van der Waals surface area contributed by atoms with Gasteiger partial charge in [0.2, 0.25) is 0 Å². The number of amides is 3. The molecule has 2 aromatic carbocycles. The Morgan fingerprint density at radius 1 is 0.903 bits per heavy atom. The van der Waals surface area contributed by atoms with Crippen LogP contribution in [0.15, 0.2) is 48.5 Å². The SMILES string of the molecule is CCN(CC)Cc1ccccc1CNC(=O)N1CCN(C(=O)c2ccc(O)cc2)CC1. The molecule has 166 valence electrons. The molecule has 0 aromatic heterocycles. The molecule has 1 aliphatic heterocycles. The van der Waals surface area contributed by atoms with Gasteiger partial charge in [-0.25, -0.2) is 4.79 Å². The highest BCUT2D eigenvalue weighted by Crippen LogP contribution is 2.14. The number of phenolic OH excluding ortho intramolecular Hbond substituents is 1. The highest BCUT2D eigenvalue weighted by molar-refractivity contribution is 5.94. The van der Waals surface area contributed by atoms with Crippen molar-refractivity contribution < 1.29 is 14.7 Å². The van der Waals surface area contributed by atoms with E-state index >= 15 is 0 Å². The van der Waals surface area contributed by atoms with Crippen LogP contribution in [0.4, 0.5) is 4.79 Å². The van der Waals surface area contributed by atoms with Gasteiger partial charge in [0.25, 0.3) is 5.91 Å². The number of hydrogen-bond acceptors (Lipinski definition) is 4. The second-order valence-electron chi connectivity index (χ2n) is 7.71. The fraction of sp³-hybridized carbons (Fsp3) is 0.417. The molecule has 3 amide bonds. The van der Waals surface area contributed by atoms with E-state index in [1.54, 1.807) is 21.9 Å². The number of hydrogen-bond donors (Lipinski definition) is 2. The van der Waals surface area contributed by atoms with Gasteiger partial charge in [0.1, 0.15) is 5.75 Å². The highest BCUT2D eigenvalue weighted by atomic mass is 16.3. The molecule has 31 heavy (non-hydrogen) atoms. The number of carbonyl (C=O) groups excluding carboxylic acids is 2. The van der Waals surface area contributed by atoms with Crippen LogP contribution in [-0.2, 0) is 13.1 Å². The van der Waals surface area contributed by atoms with Crippen molar-refractivity contribution in [1.29, 1.82) is 0 Å². The lowest BCUT2D eigenvalue weighted by atomic mass is 10.1. The highest BCUT2D eigenvalue weighted by Gasteiger charge is 2.24. The van der Waals surface area contributed by atoms with Crippen molar-refractivity contribution in [2.75, 3.05) is 39.3 Å². The third-order valence-corrected chi connectivity index (χ3v) is 5.81. The first-order valence-electron chi connectivity index (χ1n) is 10.9. The molecule has 1 saturated heterocycles. The summed E-state index contributed by atoms with van der Waals surface area (Å²) in [4.78, 5) is 31.1. The third-order valence-electron chi connectivity index (χ3n) is 5.81. The minimum atomic E-state index is -0.102. The summed E-state index contributed by atoms with van der Waals surface area (Å²) in [5.74, 6) is 0.0575. The number of nitrogens with zero attached hydrogens (tertiary/aromatic N) is 3. The minimum absolute atomic E-state index is 0.0783. The van der Waals surface area contributed by atoms with E-state index in [9.17, 15) is 14.7 Å². The van der Waals surface area contributed by atoms with E-state index in [4.69, 9.17) is 0 Å². The van der Waals surface area contributed by atoms with Gasteiger partial charge in [0.05, 0.1) is 0 Å². The number of piperazine rings is 1. The molecule has 2 aromatic rings. The predicted octanol–water partition coefficient (Wildman–Crippen LogP) is 2.90. The zero-order valence-corrected chi connectivity index (χ0v) is 18.4. The monoisotopic (exact) mass is 424 g/mol. The Kier molecular flexibility index (Phi) is 7.89. The molecule has 0 aliphatic carbocycles. The summed E-state index contributed by atoms with van der Waals surface area (Å²) >= 11 is 0. The van der Waals surface area contributed by atoms with Crippen LogP contribution in [0, 0.1) is 0 Å². The maximum Gasteiger partial charge on any atom is 0.317 e. The standard InChI is InChI=1S/C24H32N4O3/c1-3-26(4-2)18-21-8-6-5-7-20(21)17-25-24(31)28-15-13-27(14-16-28)23(30)19-9-11-22(29)12-10-19/h5-12,29H,3-4,13-18H2,1-2H3,(H,25,31). The molecule has 7 nitrogen and oxygen atoms in total. The maximum absolute atomic E-state index is 12.7. The number of benzene rings is 2. The average Bonchev–Trinajstić information content (AvgIpc) is 2.81. The minimum Gasteiger partial charge on any atom is -0.508 e. The van der Waals surface area contributed by atoms with Crippen LogP contribution in [0.25, 0.3) is 0 Å². The molecule has 0 unspecified atom stereocenters. The van der Waals surface area contributed by atoms with Crippen molar-refractivity contribution in [3.8, 4) is 5.75 Å². The van der Waals surface area contributed by atoms with Gasteiger partial charge in [0, 0.05) is 44.8 Å². The molecular weight excluding hydrogens is 392 g/mol. The number of nitrogens with one attached hydrogen (secondary N) is 1. The van der Waals surface area contributed by atoms with E-state index in [-0.39, 0.29) is 17.7 Å². The molecule has 1 fully saturated rings. The topological polar surface area (TPSA) is 76.1 Å². The normalized spacial score (nSPS) is 14.0. The Morgan fingerprint density at radius 3 is 2.10 bits per heavy atom. The zero-order valence-electron chi connectivity index (χ0n) is 18.4. The molecule has 2 N–H and O–H groups in total. The van der Waals surface area contributed by atoms with E-state index in [0.717, 1.165) is 25.2 Å². The molecule has 1 aliphatic rings. The van der Waals surface area contributed by atoms with E-state index in [0.29, 0.717) is 38.3 Å². The van der Waals surface area contributed by atoms with Gasteiger partial charge in [-0.15, -0.1) is 0 Å². The second-order valence-corrected chi connectivity index (χ2v) is 7.71. The van der Waals surface area contributed by atoms with Gasteiger partial charge < -0.3 is 20.2 Å². The van der Waals surface area contributed by atoms with Crippen LogP contribution >= 0.6 is 0 Å². The Hall–Kier alpha value is -3.06. The van der Waals surface area contributed by atoms with Gasteiger partial charge in [-0.2, -0.15) is 0 Å². The van der Waals surface area contributed by atoms with Crippen LogP contribution in [0.3, 0.4) is 0 Å². The van der Waals surface area contributed by atoms with Crippen molar-refractivity contribution in [3.05, 3.63) is 65.2 Å². The molecule has 0 saturated carbocycles. The summed E-state index contributed by atoms with van der Waals surface area (Å²) in [6.45, 7) is 9.62. The van der Waals surface area contributed by atoms with Crippen LogP contribution in [0.5, 0.6) is 5.75 Å². The van der Waals surface area contributed by atoms with Crippen LogP contribution < -0.4 is 5.32 Å². The third kappa shape index (κ3) is 5.98. The summed E-state index contributed by atoms with van der Waals surface area (Å²) in [7, 11) is 0. The van der Waals surface area contributed by atoms with Gasteiger partial charge in [-0.1, -0.05) is 38.1 Å². The summed E-state index contributed by atoms with van der Waals surface area (Å²) < 4.78 is 0. The number of urea groups is 1.